The lowest BCUT2D eigenvalue weighted by atomic mass is 9.95. The molecule has 0 bridgehead atoms. The number of nitrogens with one attached hydrogen (secondary N) is 1. The molecule has 1 saturated carbocycles. The minimum atomic E-state index is -0.860. The number of hydrogen-bond acceptors (Lipinski definition) is 3. The Hall–Kier alpha value is -1.10. The number of aliphatic carboxylic acids is 1. The molecule has 0 saturated heterocycles. The number of nitrogens with two attached hydrogens (primary N) is 1. The summed E-state index contributed by atoms with van der Waals surface area (Å²) < 4.78 is 0. The first-order valence-electron chi connectivity index (χ1n) is 6.65. The van der Waals surface area contributed by atoms with Gasteiger partial charge < -0.3 is 16.2 Å². The zero-order chi connectivity index (χ0) is 13.8. The molecule has 18 heavy (non-hydrogen) atoms. The van der Waals surface area contributed by atoms with E-state index in [2.05, 4.69) is 5.32 Å². The van der Waals surface area contributed by atoms with Crippen LogP contribution in [0.2, 0.25) is 0 Å². The minimum Gasteiger partial charge on any atom is -0.481 e. The fourth-order valence-corrected chi connectivity index (χ4v) is 2.47. The molecule has 0 radical (unpaired) electrons. The highest BCUT2D eigenvalue weighted by Crippen LogP contribution is 2.27. The third-order valence-electron chi connectivity index (χ3n) is 3.56. The van der Waals surface area contributed by atoms with Gasteiger partial charge in [0.05, 0.1) is 11.5 Å². The molecule has 1 rings (SSSR count). The molecule has 0 aromatic rings. The third-order valence-corrected chi connectivity index (χ3v) is 3.56. The molecule has 0 aromatic heterocycles. The van der Waals surface area contributed by atoms with Crippen LogP contribution in [0, 0.1) is 11.8 Å². The van der Waals surface area contributed by atoms with Gasteiger partial charge in [0.2, 0.25) is 5.91 Å². The smallest absolute Gasteiger partial charge is 0.308 e. The Morgan fingerprint density at radius 1 is 1.33 bits per heavy atom. The predicted molar refractivity (Wildman–Crippen MR) is 69.0 cm³/mol. The molecule has 1 atom stereocenters. The van der Waals surface area contributed by atoms with Gasteiger partial charge in [-0.05, 0) is 25.2 Å². The van der Waals surface area contributed by atoms with Crippen molar-refractivity contribution < 1.29 is 14.7 Å². The molecular formula is C13H24N2O3. The summed E-state index contributed by atoms with van der Waals surface area (Å²) in [5.41, 5.74) is 5.23. The fraction of sp³-hybridized carbons (Fsp3) is 0.846. The second kappa shape index (κ2) is 6.18. The van der Waals surface area contributed by atoms with E-state index in [1.165, 1.54) is 0 Å². The van der Waals surface area contributed by atoms with E-state index in [1.807, 2.05) is 13.8 Å². The van der Waals surface area contributed by atoms with Gasteiger partial charge in [-0.1, -0.05) is 26.7 Å². The second-order valence-corrected chi connectivity index (χ2v) is 5.74. The molecule has 1 unspecified atom stereocenters. The summed E-state index contributed by atoms with van der Waals surface area (Å²) in [5, 5.41) is 11.8. The number of carboxylic acid groups (broad SMARTS) is 1. The van der Waals surface area contributed by atoms with Crippen LogP contribution in [0.15, 0.2) is 0 Å². The van der Waals surface area contributed by atoms with Crippen molar-refractivity contribution in [1.29, 1.82) is 0 Å². The number of carbonyl (C=O) groups is 2. The van der Waals surface area contributed by atoms with Crippen LogP contribution in [-0.2, 0) is 9.59 Å². The summed E-state index contributed by atoms with van der Waals surface area (Å²) in [6, 6.07) is 0. The van der Waals surface area contributed by atoms with E-state index in [0.717, 1.165) is 12.8 Å². The first-order chi connectivity index (χ1) is 8.35. The van der Waals surface area contributed by atoms with Crippen molar-refractivity contribution in [3.8, 4) is 0 Å². The summed E-state index contributed by atoms with van der Waals surface area (Å²) in [5.74, 6) is -1.29. The maximum absolute atomic E-state index is 12.0. The first-order valence-corrected chi connectivity index (χ1v) is 6.65. The van der Waals surface area contributed by atoms with E-state index < -0.39 is 17.4 Å². The van der Waals surface area contributed by atoms with E-state index >= 15 is 0 Å². The van der Waals surface area contributed by atoms with Crippen LogP contribution in [0.25, 0.3) is 0 Å². The average molecular weight is 256 g/mol. The molecule has 5 nitrogen and oxygen atoms in total. The number of carboxylic acids is 1. The van der Waals surface area contributed by atoms with Gasteiger partial charge in [0.1, 0.15) is 0 Å². The van der Waals surface area contributed by atoms with Crippen molar-refractivity contribution >= 4 is 11.9 Å². The summed E-state index contributed by atoms with van der Waals surface area (Å²) in [4.78, 5) is 23.0. The van der Waals surface area contributed by atoms with Gasteiger partial charge >= 0.3 is 5.97 Å². The molecule has 1 aliphatic rings. The monoisotopic (exact) mass is 256 g/mol. The van der Waals surface area contributed by atoms with Gasteiger partial charge in [-0.3, -0.25) is 9.59 Å². The molecular weight excluding hydrogens is 232 g/mol. The lowest BCUT2D eigenvalue weighted by molar-refractivity contribution is -0.142. The second-order valence-electron chi connectivity index (χ2n) is 5.74. The van der Waals surface area contributed by atoms with Gasteiger partial charge in [0.15, 0.2) is 0 Å². The maximum Gasteiger partial charge on any atom is 0.308 e. The SMILES string of the molecule is CC(C)CC(CNC(=O)C1(N)CCCC1)C(=O)O. The molecule has 5 heteroatoms. The Labute approximate surface area is 108 Å². The van der Waals surface area contributed by atoms with Crippen LogP contribution in [0.5, 0.6) is 0 Å². The lowest BCUT2D eigenvalue weighted by Gasteiger charge is -2.24. The third kappa shape index (κ3) is 3.98. The first kappa shape index (κ1) is 15.0. The van der Waals surface area contributed by atoms with Crippen molar-refractivity contribution in [3.63, 3.8) is 0 Å². The topological polar surface area (TPSA) is 92.4 Å². The Bertz CT molecular complexity index is 309. The van der Waals surface area contributed by atoms with Crippen molar-refractivity contribution in [3.05, 3.63) is 0 Å². The van der Waals surface area contributed by atoms with Gasteiger partial charge in [-0.25, -0.2) is 0 Å². The van der Waals surface area contributed by atoms with Gasteiger partial charge in [-0.2, -0.15) is 0 Å². The van der Waals surface area contributed by atoms with Crippen LogP contribution in [-0.4, -0.2) is 29.1 Å². The van der Waals surface area contributed by atoms with Crippen molar-refractivity contribution in [2.45, 2.75) is 51.5 Å². The molecule has 104 valence electrons. The normalized spacial score (nSPS) is 19.8. The molecule has 4 N–H and O–H groups in total. The van der Waals surface area contributed by atoms with E-state index in [1.54, 1.807) is 0 Å². The molecule has 0 spiro atoms. The highest BCUT2D eigenvalue weighted by atomic mass is 16.4. The Balaban J connectivity index is 2.46. The van der Waals surface area contributed by atoms with E-state index in [9.17, 15) is 9.59 Å². The Morgan fingerprint density at radius 2 is 1.89 bits per heavy atom. The lowest BCUT2D eigenvalue weighted by Crippen LogP contribution is -2.53. The van der Waals surface area contributed by atoms with Gasteiger partial charge in [0, 0.05) is 6.54 Å². The highest BCUT2D eigenvalue weighted by Gasteiger charge is 2.37. The summed E-state index contributed by atoms with van der Waals surface area (Å²) in [7, 11) is 0. The van der Waals surface area contributed by atoms with E-state index in [4.69, 9.17) is 10.8 Å². The zero-order valence-electron chi connectivity index (χ0n) is 11.2. The number of hydrogen-bond donors (Lipinski definition) is 3. The van der Waals surface area contributed by atoms with Crippen molar-refractivity contribution in [2.24, 2.45) is 17.6 Å². The maximum atomic E-state index is 12.0. The minimum absolute atomic E-state index is 0.172. The number of rotatable bonds is 6. The van der Waals surface area contributed by atoms with Crippen LogP contribution in [0.1, 0.15) is 46.0 Å². The highest BCUT2D eigenvalue weighted by molar-refractivity contribution is 5.86. The largest absolute Gasteiger partial charge is 0.481 e. The van der Waals surface area contributed by atoms with Crippen LogP contribution >= 0.6 is 0 Å². The predicted octanol–water partition coefficient (Wildman–Crippen LogP) is 1.12. The standard InChI is InChI=1S/C13H24N2O3/c1-9(2)7-10(11(16)17)8-15-12(18)13(14)5-3-4-6-13/h9-10H,3-8,14H2,1-2H3,(H,15,18)(H,16,17). The number of carbonyl (C=O) groups excluding carboxylic acids is 1. The van der Waals surface area contributed by atoms with Crippen molar-refractivity contribution in [1.82, 2.24) is 5.32 Å². The van der Waals surface area contributed by atoms with E-state index in [-0.39, 0.29) is 12.5 Å². The van der Waals surface area contributed by atoms with Crippen LogP contribution < -0.4 is 11.1 Å². The van der Waals surface area contributed by atoms with E-state index in [0.29, 0.717) is 25.2 Å². The molecule has 0 aliphatic heterocycles. The molecule has 1 aliphatic carbocycles. The summed E-state index contributed by atoms with van der Waals surface area (Å²) >= 11 is 0. The van der Waals surface area contributed by atoms with Gasteiger partial charge in [-0.15, -0.1) is 0 Å². The number of amides is 1. The van der Waals surface area contributed by atoms with Gasteiger partial charge in [0.25, 0.3) is 0 Å². The fourth-order valence-electron chi connectivity index (χ4n) is 2.47. The molecule has 1 fully saturated rings. The zero-order valence-corrected chi connectivity index (χ0v) is 11.2. The Morgan fingerprint density at radius 3 is 2.33 bits per heavy atom. The summed E-state index contributed by atoms with van der Waals surface area (Å²) in [6.07, 6.45) is 3.89. The Kier molecular flexibility index (Phi) is 5.14. The van der Waals surface area contributed by atoms with Crippen LogP contribution in [0.3, 0.4) is 0 Å². The molecule has 0 aromatic carbocycles. The van der Waals surface area contributed by atoms with Crippen molar-refractivity contribution in [2.75, 3.05) is 6.54 Å². The average Bonchev–Trinajstić information content (AvgIpc) is 2.71. The van der Waals surface area contributed by atoms with Crippen LogP contribution in [0.4, 0.5) is 0 Å². The molecule has 0 heterocycles. The molecule has 1 amide bonds. The summed E-state index contributed by atoms with van der Waals surface area (Å²) in [6.45, 7) is 4.11. The quantitative estimate of drug-likeness (QED) is 0.664.